The molecule has 0 rings (SSSR count). The van der Waals surface area contributed by atoms with Crippen molar-refractivity contribution in [2.45, 2.75) is 58.4 Å². The third-order valence-electron chi connectivity index (χ3n) is 3.38. The van der Waals surface area contributed by atoms with Gasteiger partial charge in [-0.1, -0.05) is 51.0 Å². The monoisotopic (exact) mass is 294 g/mol. The average molecular weight is 294 g/mol. The van der Waals surface area contributed by atoms with Crippen LogP contribution in [0.15, 0.2) is 24.3 Å². The fraction of sp³-hybridized carbons (Fsp3) is 0.562. The van der Waals surface area contributed by atoms with Crippen LogP contribution in [0.2, 0.25) is 18.1 Å². The van der Waals surface area contributed by atoms with Crippen molar-refractivity contribution in [3.05, 3.63) is 24.3 Å². The van der Waals surface area contributed by atoms with Gasteiger partial charge in [0.1, 0.15) is 0 Å². The second kappa shape index (κ2) is 8.08. The summed E-state index contributed by atoms with van der Waals surface area (Å²) in [6.07, 6.45) is 7.94. The van der Waals surface area contributed by atoms with Crippen LogP contribution in [0.4, 0.5) is 0 Å². The molecule has 0 aliphatic heterocycles. The number of carboxylic acid groups (broad SMARTS) is 1. The number of carboxylic acids is 1. The molecular formula is C16H26O3Si. The Balaban J connectivity index is 4.96. The summed E-state index contributed by atoms with van der Waals surface area (Å²) >= 11 is 0. The first kappa shape index (κ1) is 18.7. The van der Waals surface area contributed by atoms with Gasteiger partial charge in [-0.15, -0.1) is 0 Å². The van der Waals surface area contributed by atoms with Crippen LogP contribution in [0, 0.1) is 11.8 Å². The Morgan fingerprint density at radius 3 is 2.40 bits per heavy atom. The summed E-state index contributed by atoms with van der Waals surface area (Å²) in [5.74, 6) is 3.70. The van der Waals surface area contributed by atoms with Gasteiger partial charge in [0, 0.05) is 12.3 Å². The quantitative estimate of drug-likeness (QED) is 0.474. The SMILES string of the molecule is C/C=C/C=C/C(CC#CC(=O)O)O[Si](C)(C)C(C)(C)C. The molecule has 0 radical (unpaired) electrons. The maximum absolute atomic E-state index is 10.5. The van der Waals surface area contributed by atoms with E-state index in [1.807, 2.05) is 31.2 Å². The first-order valence-corrected chi connectivity index (χ1v) is 9.70. The Labute approximate surface area is 123 Å². The van der Waals surface area contributed by atoms with Crippen LogP contribution in [-0.4, -0.2) is 25.5 Å². The van der Waals surface area contributed by atoms with Gasteiger partial charge in [0.05, 0.1) is 6.10 Å². The fourth-order valence-electron chi connectivity index (χ4n) is 1.23. The second-order valence-corrected chi connectivity index (χ2v) is 10.9. The molecule has 112 valence electrons. The first-order valence-electron chi connectivity index (χ1n) is 6.79. The van der Waals surface area contributed by atoms with E-state index in [4.69, 9.17) is 9.53 Å². The average Bonchev–Trinajstić information content (AvgIpc) is 2.26. The van der Waals surface area contributed by atoms with E-state index in [0.29, 0.717) is 6.42 Å². The van der Waals surface area contributed by atoms with Crippen LogP contribution in [-0.2, 0) is 9.22 Å². The molecule has 0 aromatic heterocycles. The Kier molecular flexibility index (Phi) is 7.55. The van der Waals surface area contributed by atoms with Crippen molar-refractivity contribution in [3.63, 3.8) is 0 Å². The van der Waals surface area contributed by atoms with Crippen molar-refractivity contribution in [1.29, 1.82) is 0 Å². The Bertz CT molecular complexity index is 431. The summed E-state index contributed by atoms with van der Waals surface area (Å²) in [4.78, 5) is 10.5. The third-order valence-corrected chi connectivity index (χ3v) is 7.88. The minimum Gasteiger partial charge on any atom is -0.472 e. The van der Waals surface area contributed by atoms with Crippen LogP contribution < -0.4 is 0 Å². The third kappa shape index (κ3) is 7.32. The van der Waals surface area contributed by atoms with Gasteiger partial charge in [0.2, 0.25) is 0 Å². The fourth-order valence-corrected chi connectivity index (χ4v) is 2.50. The molecule has 0 aromatic carbocycles. The van der Waals surface area contributed by atoms with Crippen molar-refractivity contribution in [2.75, 3.05) is 0 Å². The molecule has 0 aliphatic carbocycles. The molecule has 0 aromatic rings. The molecule has 3 nitrogen and oxygen atoms in total. The van der Waals surface area contributed by atoms with E-state index >= 15 is 0 Å². The molecular weight excluding hydrogens is 268 g/mol. The molecule has 0 spiro atoms. The van der Waals surface area contributed by atoms with Crippen LogP contribution in [0.5, 0.6) is 0 Å². The molecule has 4 heteroatoms. The van der Waals surface area contributed by atoms with E-state index in [1.165, 1.54) is 0 Å². The zero-order chi connectivity index (χ0) is 15.8. The summed E-state index contributed by atoms with van der Waals surface area (Å²) in [6.45, 7) is 12.8. The lowest BCUT2D eigenvalue weighted by Gasteiger charge is -2.38. The van der Waals surface area contributed by atoms with Crippen molar-refractivity contribution in [1.82, 2.24) is 0 Å². The molecule has 0 saturated carbocycles. The first-order chi connectivity index (χ1) is 9.10. The highest BCUT2D eigenvalue weighted by molar-refractivity contribution is 6.74. The minimum absolute atomic E-state index is 0.111. The van der Waals surface area contributed by atoms with E-state index in [1.54, 1.807) is 0 Å². The van der Waals surface area contributed by atoms with E-state index in [0.717, 1.165) is 0 Å². The zero-order valence-electron chi connectivity index (χ0n) is 13.4. The van der Waals surface area contributed by atoms with E-state index in [9.17, 15) is 4.79 Å². The van der Waals surface area contributed by atoms with Gasteiger partial charge in [-0.3, -0.25) is 0 Å². The lowest BCUT2D eigenvalue weighted by molar-refractivity contribution is -0.130. The zero-order valence-corrected chi connectivity index (χ0v) is 14.4. The Morgan fingerprint density at radius 2 is 1.95 bits per heavy atom. The van der Waals surface area contributed by atoms with Crippen molar-refractivity contribution in [3.8, 4) is 11.8 Å². The van der Waals surface area contributed by atoms with Crippen molar-refractivity contribution in [2.24, 2.45) is 0 Å². The molecule has 0 heterocycles. The highest BCUT2D eigenvalue weighted by Crippen LogP contribution is 2.37. The second-order valence-electron chi connectivity index (χ2n) is 6.14. The van der Waals surface area contributed by atoms with Gasteiger partial charge >= 0.3 is 5.97 Å². The van der Waals surface area contributed by atoms with Crippen LogP contribution in [0.25, 0.3) is 0 Å². The summed E-state index contributed by atoms with van der Waals surface area (Å²) in [7, 11) is -1.90. The van der Waals surface area contributed by atoms with E-state index < -0.39 is 14.3 Å². The predicted molar refractivity (Wildman–Crippen MR) is 86.1 cm³/mol. The number of rotatable bonds is 5. The number of aliphatic carboxylic acids is 1. The Morgan fingerprint density at radius 1 is 1.35 bits per heavy atom. The molecule has 1 atom stereocenters. The molecule has 0 amide bonds. The molecule has 20 heavy (non-hydrogen) atoms. The summed E-state index contributed by atoms with van der Waals surface area (Å²) in [5.41, 5.74) is 0. The normalized spacial score (nSPS) is 14.3. The Hall–Kier alpha value is -1.31. The van der Waals surface area contributed by atoms with E-state index in [-0.39, 0.29) is 11.1 Å². The van der Waals surface area contributed by atoms with Gasteiger partial charge in [-0.25, -0.2) is 4.79 Å². The molecule has 1 unspecified atom stereocenters. The van der Waals surface area contributed by atoms with Crippen LogP contribution in [0.3, 0.4) is 0 Å². The molecule has 0 saturated heterocycles. The number of hydrogen-bond donors (Lipinski definition) is 1. The predicted octanol–water partition coefficient (Wildman–Crippen LogP) is 3.99. The van der Waals surface area contributed by atoms with Crippen molar-refractivity contribution >= 4 is 14.3 Å². The smallest absolute Gasteiger partial charge is 0.381 e. The minimum atomic E-state index is -1.90. The van der Waals surface area contributed by atoms with E-state index in [2.05, 4.69) is 45.7 Å². The van der Waals surface area contributed by atoms with Gasteiger partial charge < -0.3 is 9.53 Å². The highest BCUT2D eigenvalue weighted by atomic mass is 28.4. The van der Waals surface area contributed by atoms with Crippen LogP contribution >= 0.6 is 0 Å². The molecule has 0 bridgehead atoms. The summed E-state index contributed by atoms with van der Waals surface area (Å²) in [6, 6.07) is 0. The summed E-state index contributed by atoms with van der Waals surface area (Å²) < 4.78 is 6.25. The van der Waals surface area contributed by atoms with Gasteiger partial charge in [-0.2, -0.15) is 0 Å². The standard InChI is InChI=1S/C16H26O3Si/c1-7-8-9-11-14(12-10-13-15(17)18)19-20(5,6)16(2,3)4/h7-9,11,14H,12H2,1-6H3,(H,17,18)/b8-7+,11-9+. The lowest BCUT2D eigenvalue weighted by atomic mass is 10.2. The topological polar surface area (TPSA) is 46.5 Å². The highest BCUT2D eigenvalue weighted by Gasteiger charge is 2.38. The molecule has 0 fully saturated rings. The van der Waals surface area contributed by atoms with Gasteiger partial charge in [0.15, 0.2) is 8.32 Å². The number of hydrogen-bond acceptors (Lipinski definition) is 2. The maximum atomic E-state index is 10.5. The molecule has 1 N–H and O–H groups in total. The maximum Gasteiger partial charge on any atom is 0.381 e. The summed E-state index contributed by atoms with van der Waals surface area (Å²) in [5, 5.41) is 8.68. The number of carbonyl (C=O) groups is 1. The molecule has 0 aliphatic rings. The largest absolute Gasteiger partial charge is 0.472 e. The van der Waals surface area contributed by atoms with Crippen molar-refractivity contribution < 1.29 is 14.3 Å². The van der Waals surface area contributed by atoms with Crippen LogP contribution in [0.1, 0.15) is 34.1 Å². The lowest BCUT2D eigenvalue weighted by Crippen LogP contribution is -2.43. The number of allylic oxidation sites excluding steroid dienone is 3. The van der Waals surface area contributed by atoms with Gasteiger partial charge in [0.25, 0.3) is 0 Å². The van der Waals surface area contributed by atoms with Gasteiger partial charge in [-0.05, 0) is 25.1 Å².